The van der Waals surface area contributed by atoms with Crippen molar-refractivity contribution in [2.75, 3.05) is 20.1 Å². The predicted octanol–water partition coefficient (Wildman–Crippen LogP) is 2.53. The van der Waals surface area contributed by atoms with Crippen molar-refractivity contribution in [1.29, 1.82) is 0 Å². The Labute approximate surface area is 216 Å². The highest BCUT2D eigenvalue weighted by Gasteiger charge is 2.65. The molecule has 194 valence electrons. The SMILES string of the molecule is CN1CC[C@]23CC(O)CC[C@@]2(O)[C@H]1Cc1ccc(C(=O)NCCc2ccc(-c4cn[nH]c4)cc2)c(O)c13. The lowest BCUT2D eigenvalue weighted by Crippen LogP contribution is -2.72. The number of benzene rings is 2. The number of likely N-dealkylation sites (tertiary alicyclic amines) is 1. The highest BCUT2D eigenvalue weighted by Crippen LogP contribution is 2.60. The average Bonchev–Trinajstić information content (AvgIpc) is 3.42. The first-order valence-electron chi connectivity index (χ1n) is 13.1. The number of aliphatic hydroxyl groups is 2. The van der Waals surface area contributed by atoms with E-state index in [0.29, 0.717) is 50.6 Å². The number of carbonyl (C=O) groups is 1. The van der Waals surface area contributed by atoms with E-state index < -0.39 is 17.1 Å². The third kappa shape index (κ3) is 3.77. The molecule has 2 bridgehead atoms. The van der Waals surface area contributed by atoms with Gasteiger partial charge in [0.25, 0.3) is 5.91 Å². The molecular weight excluding hydrogens is 468 g/mol. The van der Waals surface area contributed by atoms with Crippen LogP contribution in [-0.4, -0.2) is 74.2 Å². The summed E-state index contributed by atoms with van der Waals surface area (Å²) in [5.41, 5.74) is 3.25. The number of aromatic nitrogens is 2. The molecule has 4 atom stereocenters. The summed E-state index contributed by atoms with van der Waals surface area (Å²) >= 11 is 0. The van der Waals surface area contributed by atoms with E-state index in [1.165, 1.54) is 0 Å². The smallest absolute Gasteiger partial charge is 0.255 e. The summed E-state index contributed by atoms with van der Waals surface area (Å²) in [6.07, 6.45) is 6.42. The van der Waals surface area contributed by atoms with Gasteiger partial charge in [-0.15, -0.1) is 0 Å². The lowest BCUT2D eigenvalue weighted by Gasteiger charge is -2.63. The maximum absolute atomic E-state index is 13.2. The molecule has 2 aliphatic carbocycles. The van der Waals surface area contributed by atoms with E-state index in [-0.39, 0.29) is 23.3 Å². The topological polar surface area (TPSA) is 122 Å². The Balaban J connectivity index is 1.22. The molecule has 37 heavy (non-hydrogen) atoms. The first-order valence-corrected chi connectivity index (χ1v) is 13.1. The minimum absolute atomic E-state index is 0.0463. The number of carbonyl (C=O) groups excluding carboxylic acids is 1. The van der Waals surface area contributed by atoms with Crippen LogP contribution in [-0.2, 0) is 18.3 Å². The molecule has 1 unspecified atom stereocenters. The van der Waals surface area contributed by atoms with Gasteiger partial charge in [0, 0.05) is 35.3 Å². The number of piperidine rings is 1. The van der Waals surface area contributed by atoms with Gasteiger partial charge in [0.1, 0.15) is 5.75 Å². The van der Waals surface area contributed by atoms with E-state index in [4.69, 9.17) is 0 Å². The number of aromatic hydroxyl groups is 1. The number of likely N-dealkylation sites (N-methyl/N-ethyl adjacent to an activating group) is 1. The lowest BCUT2D eigenvalue weighted by atomic mass is 9.49. The van der Waals surface area contributed by atoms with Gasteiger partial charge in [-0.25, -0.2) is 0 Å². The molecule has 3 aromatic rings. The summed E-state index contributed by atoms with van der Waals surface area (Å²) < 4.78 is 0. The van der Waals surface area contributed by atoms with E-state index in [9.17, 15) is 20.1 Å². The average molecular weight is 503 g/mol. The molecule has 3 aliphatic rings. The number of H-pyrrole nitrogens is 1. The number of fused-ring (bicyclic) bond motifs is 1. The van der Waals surface area contributed by atoms with Gasteiger partial charge in [-0.05, 0) is 74.9 Å². The lowest BCUT2D eigenvalue weighted by molar-refractivity contribution is -0.177. The zero-order valence-electron chi connectivity index (χ0n) is 21.1. The highest BCUT2D eigenvalue weighted by molar-refractivity contribution is 5.97. The molecular formula is C29H34N4O4. The number of hydrogen-bond donors (Lipinski definition) is 5. The molecule has 2 aromatic carbocycles. The van der Waals surface area contributed by atoms with Crippen LogP contribution >= 0.6 is 0 Å². The Morgan fingerprint density at radius 2 is 2.00 bits per heavy atom. The first-order chi connectivity index (χ1) is 17.8. The van der Waals surface area contributed by atoms with Crippen molar-refractivity contribution in [3.05, 3.63) is 71.0 Å². The van der Waals surface area contributed by atoms with Crippen molar-refractivity contribution in [2.24, 2.45) is 0 Å². The number of amides is 1. The first kappa shape index (κ1) is 24.2. The Kier molecular flexibility index (Phi) is 5.86. The molecule has 2 heterocycles. The van der Waals surface area contributed by atoms with Gasteiger partial charge in [0.05, 0.1) is 23.5 Å². The van der Waals surface area contributed by atoms with Gasteiger partial charge in [-0.2, -0.15) is 5.10 Å². The fraction of sp³-hybridized carbons (Fsp3) is 0.448. The van der Waals surface area contributed by atoms with Gasteiger partial charge >= 0.3 is 0 Å². The molecule has 1 aliphatic heterocycles. The predicted molar refractivity (Wildman–Crippen MR) is 139 cm³/mol. The van der Waals surface area contributed by atoms with Gasteiger partial charge < -0.3 is 25.5 Å². The van der Waals surface area contributed by atoms with Gasteiger partial charge in [-0.3, -0.25) is 9.89 Å². The molecule has 0 radical (unpaired) electrons. The van der Waals surface area contributed by atoms with Crippen molar-refractivity contribution < 1.29 is 20.1 Å². The fourth-order valence-electron chi connectivity index (χ4n) is 7.18. The summed E-state index contributed by atoms with van der Waals surface area (Å²) in [5, 5.41) is 43.9. The van der Waals surface area contributed by atoms with Crippen LogP contribution < -0.4 is 5.32 Å². The summed E-state index contributed by atoms with van der Waals surface area (Å²) in [6.45, 7) is 1.20. The van der Waals surface area contributed by atoms with Gasteiger partial charge in [-0.1, -0.05) is 30.3 Å². The van der Waals surface area contributed by atoms with Gasteiger partial charge in [0.15, 0.2) is 0 Å². The molecule has 1 amide bonds. The molecule has 1 aromatic heterocycles. The number of nitrogens with one attached hydrogen (secondary N) is 2. The van der Waals surface area contributed by atoms with Crippen LogP contribution in [0.1, 0.15) is 52.7 Å². The molecule has 5 N–H and O–H groups in total. The van der Waals surface area contributed by atoms with Crippen LogP contribution in [0.4, 0.5) is 0 Å². The number of phenols is 1. The Bertz CT molecular complexity index is 1310. The second-order valence-corrected chi connectivity index (χ2v) is 11.0. The molecule has 0 spiro atoms. The van der Waals surface area contributed by atoms with Crippen LogP contribution in [0.25, 0.3) is 11.1 Å². The quantitative estimate of drug-likeness (QED) is 0.366. The minimum atomic E-state index is -1.04. The molecule has 8 heteroatoms. The van der Waals surface area contributed by atoms with Crippen LogP contribution in [0.15, 0.2) is 48.8 Å². The van der Waals surface area contributed by atoms with Crippen molar-refractivity contribution >= 4 is 5.91 Å². The van der Waals surface area contributed by atoms with Crippen LogP contribution in [0.5, 0.6) is 5.75 Å². The number of hydrogen-bond acceptors (Lipinski definition) is 6. The number of aromatic amines is 1. The Morgan fingerprint density at radius 1 is 1.19 bits per heavy atom. The largest absolute Gasteiger partial charge is 0.507 e. The normalized spacial score (nSPS) is 28.8. The molecule has 6 rings (SSSR count). The van der Waals surface area contributed by atoms with Crippen molar-refractivity contribution in [3.63, 3.8) is 0 Å². The van der Waals surface area contributed by atoms with Crippen LogP contribution in [0.2, 0.25) is 0 Å². The maximum atomic E-state index is 13.2. The summed E-state index contributed by atoms with van der Waals surface area (Å²) in [6, 6.07) is 11.7. The molecule has 2 fully saturated rings. The summed E-state index contributed by atoms with van der Waals surface area (Å²) in [7, 11) is 2.04. The van der Waals surface area contributed by atoms with E-state index in [1.807, 2.05) is 43.6 Å². The van der Waals surface area contributed by atoms with E-state index in [0.717, 1.165) is 28.8 Å². The fourth-order valence-corrected chi connectivity index (χ4v) is 7.18. The van der Waals surface area contributed by atoms with E-state index >= 15 is 0 Å². The highest BCUT2D eigenvalue weighted by atomic mass is 16.3. The third-order valence-electron chi connectivity index (χ3n) is 9.13. The Hall–Kier alpha value is -3.20. The number of aliphatic hydroxyl groups excluding tert-OH is 1. The maximum Gasteiger partial charge on any atom is 0.255 e. The van der Waals surface area contributed by atoms with Crippen LogP contribution in [0, 0.1) is 0 Å². The second kappa shape index (κ2) is 8.97. The Morgan fingerprint density at radius 3 is 2.76 bits per heavy atom. The molecule has 8 nitrogen and oxygen atoms in total. The standard InChI is InChI=1S/C29H34N4O4/c1-33-13-11-28-15-22(34)8-10-29(28,37)24(33)14-20-6-7-23(26(35)25(20)28)27(36)30-12-9-18-2-4-19(5-3-18)21-16-31-32-17-21/h2-7,16-17,22,24,34-35,37H,8-15H2,1H3,(H,30,36)(H,31,32)/t22?,24-,28-,29-/m1/s1. The van der Waals surface area contributed by atoms with Crippen molar-refractivity contribution in [1.82, 2.24) is 20.4 Å². The number of nitrogens with zero attached hydrogens (tertiary/aromatic N) is 2. The minimum Gasteiger partial charge on any atom is -0.507 e. The molecule has 1 saturated heterocycles. The van der Waals surface area contributed by atoms with Gasteiger partial charge in [0.2, 0.25) is 0 Å². The number of rotatable bonds is 5. The van der Waals surface area contributed by atoms with Crippen molar-refractivity contribution in [2.45, 2.75) is 61.7 Å². The zero-order chi connectivity index (χ0) is 25.8. The van der Waals surface area contributed by atoms with E-state index in [1.54, 1.807) is 12.3 Å². The second-order valence-electron chi connectivity index (χ2n) is 11.0. The third-order valence-corrected chi connectivity index (χ3v) is 9.13. The van der Waals surface area contributed by atoms with Crippen molar-refractivity contribution in [3.8, 4) is 16.9 Å². The summed E-state index contributed by atoms with van der Waals surface area (Å²) in [4.78, 5) is 15.4. The molecule has 1 saturated carbocycles. The zero-order valence-corrected chi connectivity index (χ0v) is 21.1. The van der Waals surface area contributed by atoms with E-state index in [2.05, 4.69) is 20.4 Å². The summed E-state index contributed by atoms with van der Waals surface area (Å²) in [5.74, 6) is -0.378. The number of phenolic OH excluding ortho intramolecular Hbond substituents is 1. The van der Waals surface area contributed by atoms with Crippen LogP contribution in [0.3, 0.4) is 0 Å². The monoisotopic (exact) mass is 502 g/mol.